The van der Waals surface area contributed by atoms with Crippen LogP contribution in [-0.2, 0) is 0 Å². The lowest BCUT2D eigenvalue weighted by molar-refractivity contribution is 0.479. The van der Waals surface area contributed by atoms with Crippen LogP contribution in [0.3, 0.4) is 0 Å². The van der Waals surface area contributed by atoms with Crippen LogP contribution in [0.2, 0.25) is 0 Å². The van der Waals surface area contributed by atoms with Gasteiger partial charge in [-0.25, -0.2) is 4.79 Å². The van der Waals surface area contributed by atoms with Crippen LogP contribution in [0.5, 0.6) is 0 Å². The zero-order valence-electron chi connectivity index (χ0n) is 6.91. The number of rotatable bonds is 2. The molecule has 0 fully saturated rings. The van der Waals surface area contributed by atoms with E-state index in [-0.39, 0.29) is 5.63 Å². The van der Waals surface area contributed by atoms with Crippen LogP contribution < -0.4 is 5.63 Å². The van der Waals surface area contributed by atoms with Gasteiger partial charge in [-0.15, -0.1) is 0 Å². The lowest BCUT2D eigenvalue weighted by Crippen LogP contribution is -1.97. The molecule has 0 N–H and O–H groups in total. The maximum absolute atomic E-state index is 10.7. The van der Waals surface area contributed by atoms with Crippen molar-refractivity contribution in [1.29, 1.82) is 0 Å². The molecule has 62 valence electrons. The summed E-state index contributed by atoms with van der Waals surface area (Å²) in [5, 5.41) is 0. The van der Waals surface area contributed by atoms with Gasteiger partial charge in [0, 0.05) is 11.6 Å². The van der Waals surface area contributed by atoms with Crippen LogP contribution in [-0.4, -0.2) is 0 Å². The maximum Gasteiger partial charge on any atom is 0.335 e. The summed E-state index contributed by atoms with van der Waals surface area (Å²) in [6.07, 6.45) is 5.30. The van der Waals surface area contributed by atoms with E-state index in [1.165, 1.54) is 6.07 Å². The molecule has 1 aromatic heterocycles. The molecule has 0 radical (unpaired) electrons. The zero-order chi connectivity index (χ0) is 8.97. The fourth-order valence-electron chi connectivity index (χ4n) is 0.864. The molecule has 0 saturated heterocycles. The van der Waals surface area contributed by atoms with E-state index < -0.39 is 0 Å². The van der Waals surface area contributed by atoms with E-state index in [0.717, 1.165) is 5.56 Å². The van der Waals surface area contributed by atoms with E-state index in [4.69, 9.17) is 4.42 Å². The summed E-state index contributed by atoms with van der Waals surface area (Å²) in [4.78, 5) is 10.7. The Labute approximate surface area is 70.8 Å². The summed E-state index contributed by atoms with van der Waals surface area (Å²) >= 11 is 0. The maximum atomic E-state index is 10.7. The van der Waals surface area contributed by atoms with Gasteiger partial charge in [0.2, 0.25) is 0 Å². The van der Waals surface area contributed by atoms with Gasteiger partial charge in [0.1, 0.15) is 5.76 Å². The van der Waals surface area contributed by atoms with Gasteiger partial charge in [0.15, 0.2) is 0 Å². The highest BCUT2D eigenvalue weighted by Gasteiger charge is 1.95. The smallest absolute Gasteiger partial charge is 0.335 e. The summed E-state index contributed by atoms with van der Waals surface area (Å²) in [6, 6.07) is 3.12. The van der Waals surface area contributed by atoms with E-state index in [2.05, 4.69) is 6.58 Å². The monoisotopic (exact) mass is 162 g/mol. The Morgan fingerprint density at radius 3 is 2.83 bits per heavy atom. The zero-order valence-corrected chi connectivity index (χ0v) is 6.91. The van der Waals surface area contributed by atoms with Crippen LogP contribution in [0.15, 0.2) is 40.1 Å². The molecule has 2 nitrogen and oxygen atoms in total. The summed E-state index contributed by atoms with van der Waals surface area (Å²) in [7, 11) is 0. The highest BCUT2D eigenvalue weighted by atomic mass is 16.4. The lowest BCUT2D eigenvalue weighted by atomic mass is 10.2. The molecule has 0 aliphatic heterocycles. The van der Waals surface area contributed by atoms with Crippen molar-refractivity contribution in [2.24, 2.45) is 0 Å². The Morgan fingerprint density at radius 1 is 1.50 bits per heavy atom. The minimum absolute atomic E-state index is 0.316. The highest BCUT2D eigenvalue weighted by molar-refractivity contribution is 5.51. The molecular weight excluding hydrogens is 152 g/mol. The normalized spacial score (nSPS) is 10.4. The fourth-order valence-corrected chi connectivity index (χ4v) is 0.864. The quantitative estimate of drug-likeness (QED) is 0.624. The number of allylic oxidation sites excluding steroid dienone is 2. The summed E-state index contributed by atoms with van der Waals surface area (Å²) in [5.74, 6) is 0.626. The summed E-state index contributed by atoms with van der Waals surface area (Å²) in [5.41, 5.74) is 0.581. The van der Waals surface area contributed by atoms with E-state index in [1.807, 2.05) is 6.08 Å². The molecule has 0 spiro atoms. The summed E-state index contributed by atoms with van der Waals surface area (Å²) < 4.78 is 4.86. The molecule has 0 atom stereocenters. The van der Waals surface area contributed by atoms with Crippen molar-refractivity contribution < 1.29 is 4.42 Å². The van der Waals surface area contributed by atoms with Crippen LogP contribution in [0.1, 0.15) is 11.3 Å². The van der Waals surface area contributed by atoms with Crippen molar-refractivity contribution >= 4 is 6.08 Å². The predicted molar refractivity (Wildman–Crippen MR) is 48.9 cm³/mol. The minimum Gasteiger partial charge on any atom is -0.428 e. The first-order chi connectivity index (χ1) is 5.74. The third-order valence-corrected chi connectivity index (χ3v) is 1.47. The van der Waals surface area contributed by atoms with Gasteiger partial charge in [-0.3, -0.25) is 0 Å². The standard InChI is InChI=1S/C10H10O2/c1-3-4-5-9-6-7-10(11)12-8(9)2/h3-7H,1H2,2H3/b5-4-. The number of aryl methyl sites for hydroxylation is 1. The van der Waals surface area contributed by atoms with Crippen molar-refractivity contribution in [3.05, 3.63) is 52.6 Å². The first-order valence-corrected chi connectivity index (χ1v) is 3.64. The van der Waals surface area contributed by atoms with Crippen molar-refractivity contribution in [2.45, 2.75) is 6.92 Å². The Morgan fingerprint density at radius 2 is 2.25 bits per heavy atom. The molecule has 1 heterocycles. The Hall–Kier alpha value is -1.57. The largest absolute Gasteiger partial charge is 0.428 e. The van der Waals surface area contributed by atoms with Gasteiger partial charge in [-0.05, 0) is 13.0 Å². The second-order valence-corrected chi connectivity index (χ2v) is 2.36. The molecule has 0 amide bonds. The van der Waals surface area contributed by atoms with Gasteiger partial charge >= 0.3 is 5.63 Å². The van der Waals surface area contributed by atoms with E-state index in [0.29, 0.717) is 5.76 Å². The Kier molecular flexibility index (Phi) is 2.64. The average molecular weight is 162 g/mol. The van der Waals surface area contributed by atoms with Crippen molar-refractivity contribution in [3.8, 4) is 0 Å². The number of hydrogen-bond donors (Lipinski definition) is 0. The molecule has 0 bridgehead atoms. The average Bonchev–Trinajstić information content (AvgIpc) is 2.03. The van der Waals surface area contributed by atoms with E-state index >= 15 is 0 Å². The second kappa shape index (κ2) is 3.72. The van der Waals surface area contributed by atoms with Crippen molar-refractivity contribution in [1.82, 2.24) is 0 Å². The first kappa shape index (κ1) is 8.53. The molecular formula is C10H10O2. The van der Waals surface area contributed by atoms with E-state index in [1.54, 1.807) is 25.1 Å². The van der Waals surface area contributed by atoms with Gasteiger partial charge < -0.3 is 4.42 Å². The van der Waals surface area contributed by atoms with Crippen LogP contribution in [0.25, 0.3) is 6.08 Å². The Balaban J connectivity index is 3.09. The van der Waals surface area contributed by atoms with Gasteiger partial charge in [-0.2, -0.15) is 0 Å². The molecule has 1 rings (SSSR count). The van der Waals surface area contributed by atoms with Crippen LogP contribution >= 0.6 is 0 Å². The molecule has 2 heteroatoms. The van der Waals surface area contributed by atoms with Gasteiger partial charge in [0.25, 0.3) is 0 Å². The Bertz CT molecular complexity index is 358. The lowest BCUT2D eigenvalue weighted by Gasteiger charge is -1.94. The molecule has 0 saturated carbocycles. The summed E-state index contributed by atoms with van der Waals surface area (Å²) in [6.45, 7) is 5.30. The highest BCUT2D eigenvalue weighted by Crippen LogP contribution is 2.05. The fraction of sp³-hybridized carbons (Fsp3) is 0.100. The third kappa shape index (κ3) is 1.95. The number of hydrogen-bond acceptors (Lipinski definition) is 2. The van der Waals surface area contributed by atoms with Crippen LogP contribution in [0.4, 0.5) is 0 Å². The topological polar surface area (TPSA) is 30.2 Å². The van der Waals surface area contributed by atoms with Gasteiger partial charge in [0.05, 0.1) is 0 Å². The predicted octanol–water partition coefficient (Wildman–Crippen LogP) is 2.15. The SMILES string of the molecule is C=C/C=C\c1ccc(=O)oc1C. The first-order valence-electron chi connectivity index (χ1n) is 3.64. The molecule has 1 aromatic rings. The molecule has 12 heavy (non-hydrogen) atoms. The third-order valence-electron chi connectivity index (χ3n) is 1.47. The molecule has 0 aromatic carbocycles. The second-order valence-electron chi connectivity index (χ2n) is 2.36. The van der Waals surface area contributed by atoms with E-state index in [9.17, 15) is 4.79 Å². The van der Waals surface area contributed by atoms with Crippen molar-refractivity contribution in [3.63, 3.8) is 0 Å². The minimum atomic E-state index is -0.316. The molecule has 0 aliphatic rings. The van der Waals surface area contributed by atoms with Crippen LogP contribution in [0, 0.1) is 6.92 Å². The molecule has 0 unspecified atom stereocenters. The van der Waals surface area contributed by atoms with Gasteiger partial charge in [-0.1, -0.05) is 24.8 Å². The van der Waals surface area contributed by atoms with Crippen molar-refractivity contribution in [2.75, 3.05) is 0 Å². The molecule has 0 aliphatic carbocycles.